The molecule has 2 heterocycles. The first-order valence-electron chi connectivity index (χ1n) is 8.69. The highest BCUT2D eigenvalue weighted by Crippen LogP contribution is 2.31. The molecule has 3 rings (SSSR count). The molecular formula is C18H18F3N3O5S. The minimum Gasteiger partial charge on any atom is -0.318 e. The van der Waals surface area contributed by atoms with Gasteiger partial charge in [-0.15, -0.1) is 0 Å². The van der Waals surface area contributed by atoms with Crippen LogP contribution >= 0.6 is 0 Å². The molecule has 12 heteroatoms. The summed E-state index contributed by atoms with van der Waals surface area (Å²) in [7, 11) is -3.92. The van der Waals surface area contributed by atoms with Crippen molar-refractivity contribution in [3.63, 3.8) is 0 Å². The number of hydrogen-bond donors (Lipinski definition) is 2. The molecule has 0 radical (unpaired) electrons. The number of benzene rings is 1. The first kappa shape index (κ1) is 21.8. The Morgan fingerprint density at radius 3 is 2.50 bits per heavy atom. The normalized spacial score (nSPS) is 15.8. The van der Waals surface area contributed by atoms with Gasteiger partial charge in [-0.05, 0) is 31.5 Å². The molecule has 0 unspecified atom stereocenters. The van der Waals surface area contributed by atoms with Crippen LogP contribution in [0.2, 0.25) is 0 Å². The third kappa shape index (κ3) is 3.45. The molecule has 162 valence electrons. The zero-order chi connectivity index (χ0) is 22.4. The van der Waals surface area contributed by atoms with E-state index < -0.39 is 44.0 Å². The van der Waals surface area contributed by atoms with Crippen molar-refractivity contribution < 1.29 is 36.4 Å². The average Bonchev–Trinajstić information content (AvgIpc) is 3.22. The van der Waals surface area contributed by atoms with Gasteiger partial charge >= 0.3 is 6.03 Å². The number of amides is 2. The molecule has 0 aliphatic carbocycles. The number of fused-ring (bicyclic) bond motifs is 1. The van der Waals surface area contributed by atoms with E-state index in [4.69, 9.17) is 5.21 Å². The molecule has 1 aromatic heterocycles. The van der Waals surface area contributed by atoms with E-state index in [-0.39, 0.29) is 30.6 Å². The standard InChI is InChI=1S/C18H18F3N3O5S/c1-18(16(25)22-27,30(2,28)29)5-6-23-9-11-7-10(8-24(11)17(23)26)12-3-4-13(19)15(21)14(12)20/h3-4,7-8,27H,5-6,9H2,1-2H3,(H,22,25)/t18-/m1/s1. The van der Waals surface area contributed by atoms with Crippen LogP contribution in [0.3, 0.4) is 0 Å². The summed E-state index contributed by atoms with van der Waals surface area (Å²) in [5.74, 6) is -5.44. The Morgan fingerprint density at radius 1 is 1.27 bits per heavy atom. The first-order valence-corrected chi connectivity index (χ1v) is 10.6. The zero-order valence-corrected chi connectivity index (χ0v) is 16.8. The van der Waals surface area contributed by atoms with Gasteiger partial charge in [-0.1, -0.05) is 0 Å². The monoisotopic (exact) mass is 445 g/mol. The van der Waals surface area contributed by atoms with E-state index in [0.29, 0.717) is 5.69 Å². The van der Waals surface area contributed by atoms with Gasteiger partial charge in [-0.25, -0.2) is 31.9 Å². The van der Waals surface area contributed by atoms with Crippen molar-refractivity contribution in [1.29, 1.82) is 0 Å². The summed E-state index contributed by atoms with van der Waals surface area (Å²) < 4.78 is 63.9. The summed E-state index contributed by atoms with van der Waals surface area (Å²) in [5.41, 5.74) is 1.72. The smallest absolute Gasteiger partial charge is 0.318 e. The molecule has 0 spiro atoms. The van der Waals surface area contributed by atoms with Gasteiger partial charge in [0.05, 0.1) is 6.54 Å². The van der Waals surface area contributed by atoms with E-state index in [1.165, 1.54) is 27.2 Å². The quantitative estimate of drug-likeness (QED) is 0.402. The summed E-state index contributed by atoms with van der Waals surface area (Å²) in [5, 5.41) is 8.86. The van der Waals surface area contributed by atoms with Gasteiger partial charge in [0.2, 0.25) is 0 Å². The minimum atomic E-state index is -3.92. The van der Waals surface area contributed by atoms with Crippen LogP contribution in [0.15, 0.2) is 24.4 Å². The summed E-state index contributed by atoms with van der Waals surface area (Å²) in [6.45, 7) is 1.05. The Bertz CT molecular complexity index is 1150. The third-order valence-electron chi connectivity index (χ3n) is 5.33. The number of carbonyl (C=O) groups is 2. The second-order valence-corrected chi connectivity index (χ2v) is 9.66. The fraction of sp³-hybridized carbons (Fsp3) is 0.333. The number of hydrogen-bond acceptors (Lipinski definition) is 5. The number of nitrogens with one attached hydrogen (secondary N) is 1. The maximum atomic E-state index is 14.0. The lowest BCUT2D eigenvalue weighted by Crippen LogP contribution is -2.50. The molecule has 0 fully saturated rings. The second kappa shape index (κ2) is 7.43. The van der Waals surface area contributed by atoms with Gasteiger partial charge in [0.25, 0.3) is 5.91 Å². The fourth-order valence-electron chi connectivity index (χ4n) is 3.23. The van der Waals surface area contributed by atoms with Crippen LogP contribution in [0, 0.1) is 17.5 Å². The van der Waals surface area contributed by atoms with Crippen LogP contribution in [0.1, 0.15) is 19.0 Å². The SMILES string of the molecule is C[C@@](CCN1Cc2cc(-c3ccc(F)c(F)c3F)cn2C1=O)(C(=O)NO)S(C)(=O)=O. The summed E-state index contributed by atoms with van der Waals surface area (Å²) in [4.78, 5) is 25.8. The van der Waals surface area contributed by atoms with Crippen molar-refractivity contribution in [3.8, 4) is 11.1 Å². The summed E-state index contributed by atoms with van der Waals surface area (Å²) in [6, 6.07) is 2.72. The molecule has 0 saturated carbocycles. The number of carbonyl (C=O) groups excluding carboxylic acids is 2. The van der Waals surface area contributed by atoms with Crippen LogP contribution in [-0.2, 0) is 21.2 Å². The molecule has 2 amide bonds. The Kier molecular flexibility index (Phi) is 5.41. The summed E-state index contributed by atoms with van der Waals surface area (Å²) >= 11 is 0. The van der Waals surface area contributed by atoms with Crippen molar-refractivity contribution >= 4 is 21.8 Å². The molecule has 2 N–H and O–H groups in total. The van der Waals surface area contributed by atoms with Gasteiger partial charge < -0.3 is 4.90 Å². The number of aromatic nitrogens is 1. The molecule has 30 heavy (non-hydrogen) atoms. The Balaban J connectivity index is 1.81. The van der Waals surface area contributed by atoms with Crippen molar-refractivity contribution in [2.45, 2.75) is 24.6 Å². The Hall–Kier alpha value is -2.86. The zero-order valence-electron chi connectivity index (χ0n) is 15.9. The maximum absolute atomic E-state index is 14.0. The van der Waals surface area contributed by atoms with Crippen LogP contribution in [0.5, 0.6) is 0 Å². The Labute approximate surface area is 169 Å². The highest BCUT2D eigenvalue weighted by Gasteiger charge is 2.44. The number of nitrogens with zero attached hydrogens (tertiary/aromatic N) is 2. The van der Waals surface area contributed by atoms with Gasteiger partial charge in [-0.2, -0.15) is 0 Å². The minimum absolute atomic E-state index is 0.0325. The second-order valence-electron chi connectivity index (χ2n) is 7.21. The van der Waals surface area contributed by atoms with E-state index in [2.05, 4.69) is 0 Å². The molecular weight excluding hydrogens is 427 g/mol. The van der Waals surface area contributed by atoms with Gasteiger partial charge in [0.15, 0.2) is 32.0 Å². The van der Waals surface area contributed by atoms with Crippen LogP contribution in [0.4, 0.5) is 18.0 Å². The molecule has 1 aromatic carbocycles. The lowest BCUT2D eigenvalue weighted by molar-refractivity contribution is -0.131. The van der Waals surface area contributed by atoms with Crippen LogP contribution < -0.4 is 5.48 Å². The fourth-order valence-corrected chi connectivity index (χ4v) is 4.07. The summed E-state index contributed by atoms with van der Waals surface area (Å²) in [6.07, 6.45) is 1.84. The van der Waals surface area contributed by atoms with E-state index in [0.717, 1.165) is 25.3 Å². The van der Waals surface area contributed by atoms with Crippen molar-refractivity contribution in [2.75, 3.05) is 12.8 Å². The van der Waals surface area contributed by atoms with Crippen molar-refractivity contribution in [2.24, 2.45) is 0 Å². The van der Waals surface area contributed by atoms with E-state index in [1.54, 1.807) is 0 Å². The van der Waals surface area contributed by atoms with Gasteiger partial charge in [0.1, 0.15) is 0 Å². The molecule has 1 aliphatic heterocycles. The number of rotatable bonds is 6. The highest BCUT2D eigenvalue weighted by atomic mass is 32.2. The number of hydroxylamine groups is 1. The largest absolute Gasteiger partial charge is 0.328 e. The first-order chi connectivity index (χ1) is 13.9. The van der Waals surface area contributed by atoms with E-state index in [9.17, 15) is 31.2 Å². The maximum Gasteiger partial charge on any atom is 0.328 e. The molecule has 2 aromatic rings. The van der Waals surface area contributed by atoms with E-state index >= 15 is 0 Å². The van der Waals surface area contributed by atoms with Crippen molar-refractivity contribution in [1.82, 2.24) is 14.9 Å². The number of halogens is 3. The highest BCUT2D eigenvalue weighted by molar-refractivity contribution is 7.92. The van der Waals surface area contributed by atoms with Crippen LogP contribution in [0.25, 0.3) is 11.1 Å². The van der Waals surface area contributed by atoms with Gasteiger partial charge in [-0.3, -0.25) is 14.6 Å². The predicted molar refractivity (Wildman–Crippen MR) is 98.7 cm³/mol. The molecule has 8 nitrogen and oxygen atoms in total. The molecule has 0 bridgehead atoms. The Morgan fingerprint density at radius 2 is 1.93 bits per heavy atom. The third-order valence-corrected chi connectivity index (χ3v) is 7.36. The molecule has 0 saturated heterocycles. The topological polar surface area (TPSA) is 109 Å². The lowest BCUT2D eigenvalue weighted by Gasteiger charge is -2.27. The van der Waals surface area contributed by atoms with Crippen molar-refractivity contribution in [3.05, 3.63) is 47.5 Å². The van der Waals surface area contributed by atoms with Gasteiger partial charge in [0, 0.05) is 35.8 Å². The molecule has 1 aliphatic rings. The molecule has 1 atom stereocenters. The lowest BCUT2D eigenvalue weighted by atomic mass is 10.1. The van der Waals surface area contributed by atoms with E-state index in [1.807, 2.05) is 0 Å². The number of sulfone groups is 1. The predicted octanol–water partition coefficient (Wildman–Crippen LogP) is 2.05. The average molecular weight is 445 g/mol. The van der Waals surface area contributed by atoms with Crippen LogP contribution in [-0.4, -0.2) is 52.6 Å².